The Balaban J connectivity index is 1.88. The number of benzene rings is 1. The van der Waals surface area contributed by atoms with Crippen molar-refractivity contribution in [3.8, 4) is 5.88 Å². The number of ether oxygens (including phenoxy) is 2. The molecule has 1 amide bonds. The second-order valence-corrected chi connectivity index (χ2v) is 10.2. The number of methoxy groups -OCH3 is 1. The molecule has 1 aliphatic rings. The average Bonchev–Trinajstić information content (AvgIpc) is 2.97. The SMILES string of the molecule is CCOC(=O)N1c2ccc(OC)nc2[C@@H](N(Cc2cc(C(F)(F)F)cc(C(F)(F)F)c2)c2ncc(CCCO)cn2)C[C@H]1C. The van der Waals surface area contributed by atoms with Crippen LogP contribution >= 0.6 is 0 Å². The summed E-state index contributed by atoms with van der Waals surface area (Å²) < 4.78 is 92.8. The summed E-state index contributed by atoms with van der Waals surface area (Å²) in [7, 11) is 1.38. The number of amides is 1. The molecule has 0 bridgehead atoms. The molecule has 1 N–H and O–H groups in total. The summed E-state index contributed by atoms with van der Waals surface area (Å²) in [5, 5.41) is 9.16. The number of hydrogen-bond acceptors (Lipinski definition) is 8. The molecule has 0 unspecified atom stereocenters. The molecule has 1 aliphatic heterocycles. The van der Waals surface area contributed by atoms with Crippen LogP contribution in [0.25, 0.3) is 0 Å². The number of rotatable bonds is 9. The third kappa shape index (κ3) is 7.31. The van der Waals surface area contributed by atoms with Crippen LogP contribution in [0.1, 0.15) is 60.7 Å². The number of aryl methyl sites for hydroxylation is 1. The first kappa shape index (κ1) is 32.8. The van der Waals surface area contributed by atoms with Gasteiger partial charge in [-0.3, -0.25) is 4.90 Å². The third-order valence-electron chi connectivity index (χ3n) is 7.08. The molecule has 0 spiro atoms. The lowest BCUT2D eigenvalue weighted by Gasteiger charge is -2.42. The van der Waals surface area contributed by atoms with Crippen LogP contribution in [0.3, 0.4) is 0 Å². The molecule has 15 heteroatoms. The normalized spacial score (nSPS) is 16.8. The highest BCUT2D eigenvalue weighted by molar-refractivity contribution is 5.90. The van der Waals surface area contributed by atoms with Crippen LogP contribution in [0, 0.1) is 0 Å². The van der Waals surface area contributed by atoms with Crippen molar-refractivity contribution >= 4 is 17.7 Å². The second-order valence-electron chi connectivity index (χ2n) is 10.2. The van der Waals surface area contributed by atoms with Gasteiger partial charge in [0.15, 0.2) is 0 Å². The van der Waals surface area contributed by atoms with Gasteiger partial charge >= 0.3 is 18.4 Å². The largest absolute Gasteiger partial charge is 0.481 e. The lowest BCUT2D eigenvalue weighted by atomic mass is 9.94. The zero-order valence-corrected chi connectivity index (χ0v) is 24.1. The smallest absolute Gasteiger partial charge is 0.416 e. The van der Waals surface area contributed by atoms with E-state index in [1.807, 2.05) is 0 Å². The first-order valence-corrected chi connectivity index (χ1v) is 13.7. The van der Waals surface area contributed by atoms with Crippen molar-refractivity contribution in [1.29, 1.82) is 0 Å². The molecule has 3 aromatic rings. The number of alkyl halides is 6. The van der Waals surface area contributed by atoms with Crippen LogP contribution in [-0.2, 0) is 30.1 Å². The lowest BCUT2D eigenvalue weighted by Crippen LogP contribution is -2.47. The van der Waals surface area contributed by atoms with Gasteiger partial charge in [0.05, 0.1) is 42.3 Å². The van der Waals surface area contributed by atoms with Crippen LogP contribution in [0.5, 0.6) is 5.88 Å². The van der Waals surface area contributed by atoms with Crippen LogP contribution in [-0.4, -0.2) is 52.5 Å². The number of aliphatic hydroxyl groups is 1. The highest BCUT2D eigenvalue weighted by Crippen LogP contribution is 2.43. The van der Waals surface area contributed by atoms with Crippen molar-refractivity contribution in [3.05, 3.63) is 70.7 Å². The van der Waals surface area contributed by atoms with Gasteiger partial charge < -0.3 is 19.5 Å². The van der Waals surface area contributed by atoms with Crippen molar-refractivity contribution < 1.29 is 45.7 Å². The Morgan fingerprint density at radius 2 is 1.68 bits per heavy atom. The molecule has 44 heavy (non-hydrogen) atoms. The minimum Gasteiger partial charge on any atom is -0.481 e. The standard InChI is InChI=1S/C29H31F6N5O4/c1-4-44-27(42)40-17(2)10-23(25-22(40)7-8-24(38-25)43-3)39(26-36-14-18(15-37-26)6-5-9-41)16-19-11-20(28(30,31)32)13-21(12-19)29(33,34)35/h7-8,11-15,17,23,41H,4-6,9-10,16H2,1-3H3/t17-,23+/m1/s1. The fourth-order valence-electron chi connectivity index (χ4n) is 5.07. The highest BCUT2D eigenvalue weighted by atomic mass is 19.4. The Kier molecular flexibility index (Phi) is 9.86. The van der Waals surface area contributed by atoms with Gasteiger partial charge in [-0.15, -0.1) is 0 Å². The second kappa shape index (κ2) is 13.2. The maximum Gasteiger partial charge on any atom is 0.416 e. The van der Waals surface area contributed by atoms with Gasteiger partial charge in [0.2, 0.25) is 11.8 Å². The number of hydrogen-bond donors (Lipinski definition) is 1. The average molecular weight is 628 g/mol. The summed E-state index contributed by atoms with van der Waals surface area (Å²) in [5.74, 6) is 0.187. The summed E-state index contributed by atoms with van der Waals surface area (Å²) in [4.78, 5) is 29.1. The van der Waals surface area contributed by atoms with Crippen molar-refractivity contribution in [2.75, 3.05) is 30.1 Å². The molecule has 2 aromatic heterocycles. The molecule has 4 rings (SSSR count). The zero-order chi connectivity index (χ0) is 32.2. The van der Waals surface area contributed by atoms with E-state index >= 15 is 0 Å². The molecular weight excluding hydrogens is 596 g/mol. The summed E-state index contributed by atoms with van der Waals surface area (Å²) >= 11 is 0. The molecule has 0 fully saturated rings. The van der Waals surface area contributed by atoms with E-state index in [1.165, 1.54) is 35.4 Å². The number of nitrogens with zero attached hydrogens (tertiary/aromatic N) is 5. The summed E-state index contributed by atoms with van der Waals surface area (Å²) in [6.45, 7) is 2.96. The molecule has 0 saturated heterocycles. The van der Waals surface area contributed by atoms with Crippen LogP contribution in [0.4, 0.5) is 42.8 Å². The van der Waals surface area contributed by atoms with Gasteiger partial charge in [-0.05, 0) is 68.5 Å². The van der Waals surface area contributed by atoms with Gasteiger partial charge in [-0.1, -0.05) is 0 Å². The molecule has 1 aromatic carbocycles. The molecular formula is C29H31F6N5O4. The Bertz CT molecular complexity index is 1420. The molecule has 9 nitrogen and oxygen atoms in total. The quantitative estimate of drug-likeness (QED) is 0.274. The van der Waals surface area contributed by atoms with E-state index in [0.717, 1.165) is 0 Å². The van der Waals surface area contributed by atoms with Crippen molar-refractivity contribution in [2.24, 2.45) is 0 Å². The Morgan fingerprint density at radius 3 is 2.23 bits per heavy atom. The number of carbonyl (C=O) groups excluding carboxylic acids is 1. The predicted octanol–water partition coefficient (Wildman–Crippen LogP) is 6.35. The number of fused-ring (bicyclic) bond motifs is 1. The van der Waals surface area contributed by atoms with Crippen LogP contribution < -0.4 is 14.5 Å². The van der Waals surface area contributed by atoms with Gasteiger partial charge in [0.25, 0.3) is 0 Å². The van der Waals surface area contributed by atoms with E-state index in [-0.39, 0.29) is 48.8 Å². The first-order valence-electron chi connectivity index (χ1n) is 13.7. The predicted molar refractivity (Wildman–Crippen MR) is 147 cm³/mol. The Hall–Kier alpha value is -4.14. The van der Waals surface area contributed by atoms with Crippen molar-refractivity contribution in [3.63, 3.8) is 0 Å². The summed E-state index contributed by atoms with van der Waals surface area (Å²) in [5.41, 5.74) is -1.91. The Labute approximate surface area is 249 Å². The number of aliphatic hydroxyl groups excluding tert-OH is 1. The first-order chi connectivity index (χ1) is 20.8. The fourth-order valence-corrected chi connectivity index (χ4v) is 5.07. The Morgan fingerprint density at radius 1 is 1.05 bits per heavy atom. The topological polar surface area (TPSA) is 101 Å². The van der Waals surface area contributed by atoms with E-state index < -0.39 is 48.2 Å². The molecule has 3 heterocycles. The van der Waals surface area contributed by atoms with Crippen LogP contribution in [0.2, 0.25) is 0 Å². The number of aromatic nitrogens is 3. The monoisotopic (exact) mass is 627 g/mol. The molecule has 0 radical (unpaired) electrons. The van der Waals surface area contributed by atoms with Crippen molar-refractivity contribution in [1.82, 2.24) is 15.0 Å². The number of carbonyl (C=O) groups is 1. The van der Waals surface area contributed by atoms with Gasteiger partial charge in [-0.2, -0.15) is 26.3 Å². The number of anilines is 2. The maximum absolute atomic E-state index is 13.7. The summed E-state index contributed by atoms with van der Waals surface area (Å²) in [6, 6.07) is 3.17. The fraction of sp³-hybridized carbons (Fsp3) is 0.448. The molecule has 0 aliphatic carbocycles. The van der Waals surface area contributed by atoms with Gasteiger partial charge in [-0.25, -0.2) is 19.7 Å². The minimum absolute atomic E-state index is 0.0149. The zero-order valence-electron chi connectivity index (χ0n) is 24.1. The maximum atomic E-state index is 13.7. The van der Waals surface area contributed by atoms with E-state index in [1.54, 1.807) is 19.9 Å². The highest BCUT2D eigenvalue weighted by Gasteiger charge is 2.41. The van der Waals surface area contributed by atoms with Gasteiger partial charge in [0.1, 0.15) is 0 Å². The summed E-state index contributed by atoms with van der Waals surface area (Å²) in [6.07, 6.45) is -6.71. The number of halogens is 6. The van der Waals surface area contributed by atoms with Crippen molar-refractivity contribution in [2.45, 2.75) is 64.1 Å². The molecule has 2 atom stereocenters. The van der Waals surface area contributed by atoms with E-state index in [2.05, 4.69) is 15.0 Å². The van der Waals surface area contributed by atoms with Gasteiger partial charge in [0, 0.05) is 37.7 Å². The van der Waals surface area contributed by atoms with E-state index in [0.29, 0.717) is 36.2 Å². The van der Waals surface area contributed by atoms with E-state index in [4.69, 9.17) is 14.6 Å². The number of pyridine rings is 1. The molecule has 0 saturated carbocycles. The van der Waals surface area contributed by atoms with Crippen LogP contribution in [0.15, 0.2) is 42.7 Å². The lowest BCUT2D eigenvalue weighted by molar-refractivity contribution is -0.143. The minimum atomic E-state index is -5.04. The van der Waals surface area contributed by atoms with E-state index in [9.17, 15) is 31.1 Å². The molecule has 238 valence electrons. The third-order valence-corrected chi connectivity index (χ3v) is 7.08.